The van der Waals surface area contributed by atoms with Crippen LogP contribution in [0.15, 0.2) is 62.2 Å². The van der Waals surface area contributed by atoms with Gasteiger partial charge in [0.2, 0.25) is 0 Å². The van der Waals surface area contributed by atoms with Gasteiger partial charge in [0.05, 0.1) is 52.7 Å². The molecule has 0 N–H and O–H groups in total. The van der Waals surface area contributed by atoms with Crippen LogP contribution in [0, 0.1) is 10.8 Å². The summed E-state index contributed by atoms with van der Waals surface area (Å²) in [5.74, 6) is -1.17. The number of rotatable bonds is 26. The summed E-state index contributed by atoms with van der Waals surface area (Å²) < 4.78 is 45.0. The van der Waals surface area contributed by atoms with Gasteiger partial charge in [0.1, 0.15) is 26.4 Å². The number of esters is 4. The van der Waals surface area contributed by atoms with E-state index in [9.17, 15) is 28.8 Å². The first kappa shape index (κ1) is 50.1. The molecule has 2 aromatic carbocycles. The van der Waals surface area contributed by atoms with Gasteiger partial charge in [-0.1, -0.05) is 38.0 Å². The average Bonchev–Trinajstić information content (AvgIpc) is 4.19. The Labute approximate surface area is 392 Å². The van der Waals surface area contributed by atoms with E-state index in [0.717, 1.165) is 32.1 Å². The Bertz CT molecular complexity index is 2190. The van der Waals surface area contributed by atoms with E-state index in [1.807, 2.05) is 0 Å². The lowest BCUT2D eigenvalue weighted by Crippen LogP contribution is -2.39. The molecule has 67 heavy (non-hydrogen) atoms. The van der Waals surface area contributed by atoms with E-state index >= 15 is 0 Å². The molecule has 2 heterocycles. The number of carbonyl (C=O) groups excluding carboxylic acids is 6. The Morgan fingerprint density at radius 3 is 1.45 bits per heavy atom. The van der Waals surface area contributed by atoms with Gasteiger partial charge in [-0.25, -0.2) is 0 Å². The van der Waals surface area contributed by atoms with Gasteiger partial charge in [0.15, 0.2) is 23.0 Å². The maximum Gasteiger partial charge on any atom is 0.310 e. The van der Waals surface area contributed by atoms with Gasteiger partial charge in [0.25, 0.3) is 11.8 Å². The quantitative estimate of drug-likeness (QED) is 0.0429. The van der Waals surface area contributed by atoms with E-state index in [2.05, 4.69) is 19.7 Å². The average molecular weight is 929 g/mol. The molecule has 2 spiro atoms. The highest BCUT2D eigenvalue weighted by molar-refractivity contribution is 5.99. The number of amides is 2. The van der Waals surface area contributed by atoms with Crippen LogP contribution in [0.25, 0.3) is 0 Å². The summed E-state index contributed by atoms with van der Waals surface area (Å²) in [7, 11) is 2.96. The summed E-state index contributed by atoms with van der Waals surface area (Å²) in [5.41, 5.74) is 1.35. The second kappa shape index (κ2) is 22.9. The van der Waals surface area contributed by atoms with Crippen LogP contribution < -0.4 is 18.9 Å². The van der Waals surface area contributed by atoms with Crippen LogP contribution in [0.4, 0.5) is 0 Å². The third-order valence-electron chi connectivity index (χ3n) is 12.8. The van der Waals surface area contributed by atoms with Crippen LogP contribution in [0.1, 0.15) is 103 Å². The van der Waals surface area contributed by atoms with Crippen LogP contribution in [0.2, 0.25) is 0 Å². The summed E-state index contributed by atoms with van der Waals surface area (Å²) in [6.45, 7) is 14.0. The second-order valence-corrected chi connectivity index (χ2v) is 17.9. The van der Waals surface area contributed by atoms with Crippen molar-refractivity contribution < 1.29 is 66.7 Å². The molecule has 2 saturated heterocycles. The normalized spacial score (nSPS) is 18.1. The lowest BCUT2D eigenvalue weighted by molar-refractivity contribution is -0.144. The van der Waals surface area contributed by atoms with Crippen molar-refractivity contribution in [3.63, 3.8) is 0 Å². The Balaban J connectivity index is 1.10. The van der Waals surface area contributed by atoms with Crippen molar-refractivity contribution in [3.8, 4) is 23.0 Å². The lowest BCUT2D eigenvalue weighted by Gasteiger charge is -2.26. The lowest BCUT2D eigenvalue weighted by atomic mass is 10.0. The monoisotopic (exact) mass is 928 g/mol. The molecular formula is C51H64N2O14. The number of unbranched alkanes of at least 4 members (excludes halogenated alkanes) is 2. The third kappa shape index (κ3) is 13.2. The molecule has 2 atom stereocenters. The van der Waals surface area contributed by atoms with Gasteiger partial charge in [-0.05, 0) is 104 Å². The summed E-state index contributed by atoms with van der Waals surface area (Å²) in [6, 6.07) is 5.81. The van der Waals surface area contributed by atoms with Crippen LogP contribution in [-0.4, -0.2) is 125 Å². The topological polar surface area (TPSA) is 183 Å². The number of carbonyl (C=O) groups is 6. The highest BCUT2D eigenvalue weighted by atomic mass is 16.5. The Kier molecular flexibility index (Phi) is 17.1. The minimum atomic E-state index is -0.546. The molecule has 2 aliphatic carbocycles. The number of likely N-dealkylation sites (tertiary alicyclic amines) is 2. The summed E-state index contributed by atoms with van der Waals surface area (Å²) in [5, 5.41) is 0. The summed E-state index contributed by atoms with van der Waals surface area (Å²) in [6.07, 6.45) is 11.4. The van der Waals surface area contributed by atoms with E-state index in [0.29, 0.717) is 72.9 Å². The number of benzene rings is 2. The number of hydrogen-bond donors (Lipinski definition) is 0. The van der Waals surface area contributed by atoms with E-state index in [1.165, 1.54) is 39.4 Å². The van der Waals surface area contributed by atoms with Gasteiger partial charge in [-0.3, -0.25) is 28.8 Å². The fourth-order valence-electron chi connectivity index (χ4n) is 9.04. The van der Waals surface area contributed by atoms with Crippen molar-refractivity contribution in [1.82, 2.24) is 9.80 Å². The minimum absolute atomic E-state index is 0.0123. The molecule has 2 aromatic rings. The number of nitrogens with zero attached hydrogens (tertiary/aromatic N) is 2. The molecule has 6 rings (SSSR count). The van der Waals surface area contributed by atoms with E-state index in [4.69, 9.17) is 37.9 Å². The van der Waals surface area contributed by atoms with Crippen LogP contribution in [0.5, 0.6) is 23.0 Å². The van der Waals surface area contributed by atoms with Gasteiger partial charge >= 0.3 is 23.9 Å². The largest absolute Gasteiger partial charge is 0.493 e. The molecule has 362 valence electrons. The highest BCUT2D eigenvalue weighted by Gasteiger charge is 2.55. The standard InChI is InChI=1S/C51H64N2O14/c1-7-17-64-45(55)24-35-22-43(41(60-5)27-39(35)48(58)52-32-50(13-14-50)29-37(52)26-47(57)66-19-9-3)62-20-11-10-12-21-63-44-23-36(25-46(56)65-18-8-2)40(28-42(44)61-6)49(59)53-33-51(15-16-51)30-38(53)31-67-34(4)54/h7-9,22-23,27-28,37-38H,1-3,10-21,24-26,29-33H2,4-6H3/t37-,38+/m1/s1. The molecule has 16 nitrogen and oxygen atoms in total. The zero-order valence-electron chi connectivity index (χ0n) is 39.1. The summed E-state index contributed by atoms with van der Waals surface area (Å²) in [4.78, 5) is 82.3. The van der Waals surface area contributed by atoms with Crippen molar-refractivity contribution in [2.75, 3.05) is 67.0 Å². The Hall–Kier alpha value is -6.32. The summed E-state index contributed by atoms with van der Waals surface area (Å²) >= 11 is 0. The smallest absolute Gasteiger partial charge is 0.310 e. The van der Waals surface area contributed by atoms with Crippen molar-refractivity contribution in [1.29, 1.82) is 0 Å². The highest BCUT2D eigenvalue weighted by Crippen LogP contribution is 2.56. The second-order valence-electron chi connectivity index (χ2n) is 17.9. The number of hydrogen-bond acceptors (Lipinski definition) is 14. The molecule has 0 radical (unpaired) electrons. The molecule has 4 fully saturated rings. The fourth-order valence-corrected chi connectivity index (χ4v) is 9.04. The predicted molar refractivity (Wildman–Crippen MR) is 245 cm³/mol. The van der Waals surface area contributed by atoms with Crippen LogP contribution >= 0.6 is 0 Å². The molecule has 2 amide bonds. The first-order chi connectivity index (χ1) is 32.3. The molecule has 0 aromatic heterocycles. The van der Waals surface area contributed by atoms with Gasteiger partial charge in [0, 0.05) is 37.2 Å². The molecule has 0 bridgehead atoms. The van der Waals surface area contributed by atoms with Gasteiger partial charge in [-0.2, -0.15) is 0 Å². The van der Waals surface area contributed by atoms with Crippen LogP contribution in [0.3, 0.4) is 0 Å². The van der Waals surface area contributed by atoms with Gasteiger partial charge in [-0.15, -0.1) is 0 Å². The first-order valence-electron chi connectivity index (χ1n) is 23.0. The molecule has 16 heteroatoms. The van der Waals surface area contributed by atoms with Crippen molar-refractivity contribution >= 4 is 35.7 Å². The molecular weight excluding hydrogens is 865 g/mol. The van der Waals surface area contributed by atoms with Crippen molar-refractivity contribution in [3.05, 3.63) is 84.5 Å². The maximum absolute atomic E-state index is 14.4. The molecule has 2 saturated carbocycles. The Morgan fingerprint density at radius 2 is 1.03 bits per heavy atom. The minimum Gasteiger partial charge on any atom is -0.493 e. The van der Waals surface area contributed by atoms with Crippen molar-refractivity contribution in [2.45, 2.75) is 96.1 Å². The number of methoxy groups -OCH3 is 2. The van der Waals surface area contributed by atoms with Crippen molar-refractivity contribution in [2.24, 2.45) is 10.8 Å². The SMILES string of the molecule is C=CCOC(=O)Cc1cc(OCCCCCOc2cc(CC(=O)OCC=C)c(C(=O)N3CC4(CC4)C[C@H]3CC(=O)OCC=C)cc2OC)c(OC)cc1C(=O)N1CC2(CC2)C[C@H]1COC(C)=O. The van der Waals surface area contributed by atoms with E-state index < -0.39 is 23.9 Å². The fraction of sp³-hybridized carbons (Fsp3) is 0.529. The molecule has 2 aliphatic heterocycles. The molecule has 4 aliphatic rings. The zero-order valence-corrected chi connectivity index (χ0v) is 39.1. The predicted octanol–water partition coefficient (Wildman–Crippen LogP) is 6.55. The van der Waals surface area contributed by atoms with Crippen LogP contribution in [-0.2, 0) is 51.0 Å². The maximum atomic E-state index is 14.4. The Morgan fingerprint density at radius 1 is 0.597 bits per heavy atom. The third-order valence-corrected chi connectivity index (χ3v) is 12.8. The van der Waals surface area contributed by atoms with Gasteiger partial charge < -0.3 is 47.7 Å². The molecule has 0 unspecified atom stereocenters. The zero-order chi connectivity index (χ0) is 48.1. The van der Waals surface area contributed by atoms with E-state index in [1.54, 1.807) is 34.1 Å². The number of ether oxygens (including phenoxy) is 8. The van der Waals surface area contributed by atoms with E-state index in [-0.39, 0.29) is 105 Å². The first-order valence-corrected chi connectivity index (χ1v) is 23.0.